The Labute approximate surface area is 118 Å². The van der Waals surface area contributed by atoms with Crippen LogP contribution in [-0.2, 0) is 0 Å². The lowest BCUT2D eigenvalue weighted by atomic mass is 9.96. The minimum atomic E-state index is 0. The van der Waals surface area contributed by atoms with E-state index in [0.717, 1.165) is 18.4 Å². The summed E-state index contributed by atoms with van der Waals surface area (Å²) in [6.45, 7) is 4.50. The summed E-state index contributed by atoms with van der Waals surface area (Å²) in [6.07, 6.45) is 5.48. The molecular formula is C12H27Cl2N3. The first-order valence-corrected chi connectivity index (χ1v) is 6.42. The Morgan fingerprint density at radius 2 is 1.76 bits per heavy atom. The van der Waals surface area contributed by atoms with Crippen molar-refractivity contribution in [3.05, 3.63) is 0 Å². The highest BCUT2D eigenvalue weighted by Crippen LogP contribution is 2.34. The first-order valence-electron chi connectivity index (χ1n) is 6.42. The summed E-state index contributed by atoms with van der Waals surface area (Å²) in [5.41, 5.74) is 5.87. The molecule has 0 amide bonds. The molecule has 0 aromatic rings. The van der Waals surface area contributed by atoms with Crippen molar-refractivity contribution in [3.63, 3.8) is 0 Å². The quantitative estimate of drug-likeness (QED) is 0.804. The zero-order valence-electron chi connectivity index (χ0n) is 10.7. The van der Waals surface area contributed by atoms with Gasteiger partial charge in [-0.25, -0.2) is 0 Å². The summed E-state index contributed by atoms with van der Waals surface area (Å²) in [7, 11) is 2.26. The fourth-order valence-electron chi connectivity index (χ4n) is 2.82. The molecule has 0 aromatic carbocycles. The first-order chi connectivity index (χ1) is 7.31. The molecule has 104 valence electrons. The van der Waals surface area contributed by atoms with Crippen LogP contribution in [0.5, 0.6) is 0 Å². The van der Waals surface area contributed by atoms with Gasteiger partial charge in [-0.1, -0.05) is 0 Å². The largest absolute Gasteiger partial charge is 0.329 e. The smallest absolute Gasteiger partial charge is 0.0243 e. The van der Waals surface area contributed by atoms with E-state index in [-0.39, 0.29) is 24.8 Å². The number of likely N-dealkylation sites (N-methyl/N-ethyl adjacent to an activating group) is 1. The Hall–Kier alpha value is 0.460. The average Bonchev–Trinajstić information content (AvgIpc) is 3.04. The molecule has 3 nitrogen and oxygen atoms in total. The van der Waals surface area contributed by atoms with Crippen LogP contribution < -0.4 is 11.1 Å². The van der Waals surface area contributed by atoms with Crippen LogP contribution in [0.15, 0.2) is 0 Å². The van der Waals surface area contributed by atoms with Gasteiger partial charge in [0.2, 0.25) is 0 Å². The van der Waals surface area contributed by atoms with E-state index < -0.39 is 0 Å². The second-order valence-corrected chi connectivity index (χ2v) is 5.27. The van der Waals surface area contributed by atoms with Crippen molar-refractivity contribution in [2.75, 3.05) is 33.2 Å². The summed E-state index contributed by atoms with van der Waals surface area (Å²) in [5.74, 6) is 1.80. The van der Waals surface area contributed by atoms with Crippen LogP contribution in [0.25, 0.3) is 0 Å². The maximum Gasteiger partial charge on any atom is 0.0243 e. The SMILES string of the molecule is CN(CC1CCNCC1)C(CN)C1CC1.Cl.Cl. The summed E-state index contributed by atoms with van der Waals surface area (Å²) in [4.78, 5) is 2.52. The molecule has 1 aliphatic heterocycles. The molecule has 2 fully saturated rings. The van der Waals surface area contributed by atoms with Gasteiger partial charge < -0.3 is 16.0 Å². The monoisotopic (exact) mass is 283 g/mol. The number of nitrogens with two attached hydrogens (primary N) is 1. The number of piperidine rings is 1. The van der Waals surface area contributed by atoms with E-state index in [4.69, 9.17) is 5.73 Å². The Morgan fingerprint density at radius 3 is 2.24 bits per heavy atom. The van der Waals surface area contributed by atoms with Gasteiger partial charge in [-0.3, -0.25) is 0 Å². The van der Waals surface area contributed by atoms with Gasteiger partial charge in [-0.05, 0) is 57.7 Å². The molecule has 1 saturated heterocycles. The molecule has 0 spiro atoms. The van der Waals surface area contributed by atoms with Crippen molar-refractivity contribution in [2.24, 2.45) is 17.6 Å². The molecule has 2 aliphatic rings. The predicted octanol–water partition coefficient (Wildman–Crippen LogP) is 1.50. The fourth-order valence-corrected chi connectivity index (χ4v) is 2.82. The number of halogens is 2. The predicted molar refractivity (Wildman–Crippen MR) is 78.3 cm³/mol. The topological polar surface area (TPSA) is 41.3 Å². The first kappa shape index (κ1) is 17.5. The average molecular weight is 284 g/mol. The molecule has 0 bridgehead atoms. The minimum absolute atomic E-state index is 0. The van der Waals surface area contributed by atoms with Gasteiger partial charge in [0.15, 0.2) is 0 Å². The van der Waals surface area contributed by atoms with Crippen LogP contribution in [-0.4, -0.2) is 44.2 Å². The van der Waals surface area contributed by atoms with Gasteiger partial charge in [0, 0.05) is 19.1 Å². The lowest BCUT2D eigenvalue weighted by Crippen LogP contribution is -2.43. The molecular weight excluding hydrogens is 257 g/mol. The van der Waals surface area contributed by atoms with Crippen molar-refractivity contribution in [3.8, 4) is 0 Å². The second kappa shape index (κ2) is 8.54. The van der Waals surface area contributed by atoms with Gasteiger partial charge in [0.25, 0.3) is 0 Å². The highest BCUT2D eigenvalue weighted by molar-refractivity contribution is 5.85. The molecule has 1 saturated carbocycles. The highest BCUT2D eigenvalue weighted by atomic mass is 35.5. The van der Waals surface area contributed by atoms with E-state index in [1.165, 1.54) is 45.3 Å². The Morgan fingerprint density at radius 1 is 1.18 bits per heavy atom. The van der Waals surface area contributed by atoms with Gasteiger partial charge in [-0.2, -0.15) is 0 Å². The molecule has 2 rings (SSSR count). The van der Waals surface area contributed by atoms with Crippen molar-refractivity contribution in [2.45, 2.75) is 31.7 Å². The van der Waals surface area contributed by atoms with Crippen molar-refractivity contribution >= 4 is 24.8 Å². The lowest BCUT2D eigenvalue weighted by Gasteiger charge is -2.32. The third-order valence-corrected chi connectivity index (χ3v) is 3.98. The van der Waals surface area contributed by atoms with Crippen molar-refractivity contribution in [1.29, 1.82) is 0 Å². The minimum Gasteiger partial charge on any atom is -0.329 e. The van der Waals surface area contributed by atoms with Crippen LogP contribution in [0.4, 0.5) is 0 Å². The zero-order valence-corrected chi connectivity index (χ0v) is 12.4. The molecule has 1 unspecified atom stereocenters. The molecule has 1 atom stereocenters. The molecule has 0 radical (unpaired) electrons. The molecule has 3 N–H and O–H groups in total. The van der Waals surface area contributed by atoms with Crippen LogP contribution in [0.3, 0.4) is 0 Å². The van der Waals surface area contributed by atoms with Crippen LogP contribution in [0.2, 0.25) is 0 Å². The highest BCUT2D eigenvalue weighted by Gasteiger charge is 2.33. The standard InChI is InChI=1S/C12H25N3.2ClH/c1-15(12(8-13)11-2-3-11)9-10-4-6-14-7-5-10;;/h10-12,14H,2-9,13H2,1H3;2*1H. The Kier molecular flexibility index (Phi) is 8.77. The Bertz CT molecular complexity index is 194. The normalized spacial score (nSPS) is 22.8. The maximum atomic E-state index is 5.87. The van der Waals surface area contributed by atoms with Gasteiger partial charge in [0.05, 0.1) is 0 Å². The third kappa shape index (κ3) is 5.31. The maximum absolute atomic E-state index is 5.87. The molecule has 1 heterocycles. The van der Waals surface area contributed by atoms with E-state index >= 15 is 0 Å². The number of hydrogen-bond acceptors (Lipinski definition) is 3. The number of hydrogen-bond donors (Lipinski definition) is 2. The lowest BCUT2D eigenvalue weighted by molar-refractivity contribution is 0.174. The molecule has 1 aliphatic carbocycles. The van der Waals surface area contributed by atoms with Crippen LogP contribution >= 0.6 is 24.8 Å². The molecule has 0 aromatic heterocycles. The van der Waals surface area contributed by atoms with E-state index in [2.05, 4.69) is 17.3 Å². The summed E-state index contributed by atoms with van der Waals surface area (Å²) in [6, 6.07) is 0.653. The van der Waals surface area contributed by atoms with E-state index in [1.54, 1.807) is 0 Å². The van der Waals surface area contributed by atoms with E-state index in [1.807, 2.05) is 0 Å². The van der Waals surface area contributed by atoms with Crippen molar-refractivity contribution in [1.82, 2.24) is 10.2 Å². The van der Waals surface area contributed by atoms with Gasteiger partial charge in [-0.15, -0.1) is 24.8 Å². The Balaban J connectivity index is 0.00000128. The zero-order chi connectivity index (χ0) is 10.7. The number of nitrogens with zero attached hydrogens (tertiary/aromatic N) is 1. The number of nitrogens with one attached hydrogen (secondary N) is 1. The van der Waals surface area contributed by atoms with Crippen LogP contribution in [0.1, 0.15) is 25.7 Å². The summed E-state index contributed by atoms with van der Waals surface area (Å²) in [5, 5.41) is 3.42. The molecule has 5 heteroatoms. The van der Waals surface area contributed by atoms with Gasteiger partial charge >= 0.3 is 0 Å². The van der Waals surface area contributed by atoms with E-state index in [0.29, 0.717) is 6.04 Å². The van der Waals surface area contributed by atoms with Crippen molar-refractivity contribution < 1.29 is 0 Å². The number of rotatable bonds is 5. The summed E-state index contributed by atoms with van der Waals surface area (Å²) >= 11 is 0. The van der Waals surface area contributed by atoms with Crippen LogP contribution in [0, 0.1) is 11.8 Å². The fraction of sp³-hybridized carbons (Fsp3) is 1.00. The molecule has 17 heavy (non-hydrogen) atoms. The summed E-state index contributed by atoms with van der Waals surface area (Å²) < 4.78 is 0. The van der Waals surface area contributed by atoms with E-state index in [9.17, 15) is 0 Å². The van der Waals surface area contributed by atoms with Gasteiger partial charge in [0.1, 0.15) is 0 Å². The third-order valence-electron chi connectivity index (χ3n) is 3.98. The second-order valence-electron chi connectivity index (χ2n) is 5.27.